The average molecular weight is 311 g/mol. The molecule has 2 heterocycles. The van der Waals surface area contributed by atoms with Crippen molar-refractivity contribution in [3.63, 3.8) is 0 Å². The van der Waals surface area contributed by atoms with Crippen molar-refractivity contribution < 1.29 is 4.74 Å². The summed E-state index contributed by atoms with van der Waals surface area (Å²) in [6.45, 7) is 2.70. The molecule has 18 heavy (non-hydrogen) atoms. The van der Waals surface area contributed by atoms with Crippen LogP contribution in [0.15, 0.2) is 12.1 Å². The maximum absolute atomic E-state index is 5.95. The lowest BCUT2D eigenvalue weighted by Crippen LogP contribution is -2.47. The molecule has 0 bridgehead atoms. The third kappa shape index (κ3) is 4.08. The smallest absolute Gasteiger partial charge is 0.0931 e. The van der Waals surface area contributed by atoms with Gasteiger partial charge in [-0.25, -0.2) is 0 Å². The van der Waals surface area contributed by atoms with Gasteiger partial charge < -0.3 is 10.5 Å². The fraction of sp³-hybridized carbons (Fsp3) is 0.667. The van der Waals surface area contributed by atoms with E-state index in [1.165, 1.54) is 4.88 Å². The van der Waals surface area contributed by atoms with Crippen molar-refractivity contribution >= 4 is 35.3 Å². The highest BCUT2D eigenvalue weighted by molar-refractivity contribution is 7.16. The molecule has 0 amide bonds. The van der Waals surface area contributed by atoms with Gasteiger partial charge in [0.1, 0.15) is 0 Å². The fourth-order valence-corrected chi connectivity index (χ4v) is 3.48. The number of halogens is 2. The van der Waals surface area contributed by atoms with Crippen LogP contribution in [-0.4, -0.2) is 37.2 Å². The first-order chi connectivity index (χ1) is 8.22. The number of methoxy groups -OCH3 is 1. The highest BCUT2D eigenvalue weighted by Gasteiger charge is 2.27. The second-order valence-electron chi connectivity index (χ2n) is 4.45. The van der Waals surface area contributed by atoms with Crippen molar-refractivity contribution in [1.29, 1.82) is 0 Å². The quantitative estimate of drug-likeness (QED) is 0.929. The predicted molar refractivity (Wildman–Crippen MR) is 79.9 cm³/mol. The highest BCUT2D eigenvalue weighted by atomic mass is 35.5. The van der Waals surface area contributed by atoms with Crippen LogP contribution in [0.25, 0.3) is 0 Å². The summed E-state index contributed by atoms with van der Waals surface area (Å²) in [6.07, 6.45) is 2.49. The van der Waals surface area contributed by atoms with Gasteiger partial charge in [-0.05, 0) is 25.0 Å². The number of hydrogen-bond donors (Lipinski definition) is 1. The number of piperidine rings is 1. The topological polar surface area (TPSA) is 38.5 Å². The van der Waals surface area contributed by atoms with E-state index >= 15 is 0 Å². The summed E-state index contributed by atoms with van der Waals surface area (Å²) in [7, 11) is 1.78. The molecule has 2 rings (SSSR count). The van der Waals surface area contributed by atoms with Gasteiger partial charge in [0, 0.05) is 37.7 Å². The molecule has 1 aromatic heterocycles. The van der Waals surface area contributed by atoms with Gasteiger partial charge in [-0.3, -0.25) is 4.90 Å². The van der Waals surface area contributed by atoms with Crippen LogP contribution in [0.2, 0.25) is 4.34 Å². The van der Waals surface area contributed by atoms with E-state index in [4.69, 9.17) is 22.1 Å². The van der Waals surface area contributed by atoms with Crippen LogP contribution in [0.4, 0.5) is 0 Å². The van der Waals surface area contributed by atoms with Gasteiger partial charge >= 0.3 is 0 Å². The molecule has 2 N–H and O–H groups in total. The van der Waals surface area contributed by atoms with E-state index in [1.807, 2.05) is 6.07 Å². The maximum Gasteiger partial charge on any atom is 0.0931 e. The van der Waals surface area contributed by atoms with Gasteiger partial charge in [-0.15, -0.1) is 23.7 Å². The van der Waals surface area contributed by atoms with Crippen LogP contribution in [0.3, 0.4) is 0 Å². The first-order valence-electron chi connectivity index (χ1n) is 5.94. The molecule has 104 valence electrons. The summed E-state index contributed by atoms with van der Waals surface area (Å²) in [5.74, 6) is 0. The number of hydrogen-bond acceptors (Lipinski definition) is 4. The minimum absolute atomic E-state index is 0. The fourth-order valence-electron chi connectivity index (χ4n) is 2.37. The van der Waals surface area contributed by atoms with Crippen LogP contribution >= 0.6 is 35.3 Å². The zero-order valence-corrected chi connectivity index (χ0v) is 12.9. The molecule has 0 aliphatic carbocycles. The van der Waals surface area contributed by atoms with E-state index in [9.17, 15) is 0 Å². The lowest BCUT2D eigenvalue weighted by atomic mass is 9.99. The maximum atomic E-state index is 5.95. The van der Waals surface area contributed by atoms with Crippen LogP contribution in [0.5, 0.6) is 0 Å². The molecule has 6 heteroatoms. The van der Waals surface area contributed by atoms with E-state index in [0.717, 1.165) is 30.3 Å². The van der Waals surface area contributed by atoms with E-state index in [1.54, 1.807) is 18.4 Å². The summed E-state index contributed by atoms with van der Waals surface area (Å²) < 4.78 is 6.28. The molecule has 2 atom stereocenters. The average Bonchev–Trinajstić information content (AvgIpc) is 2.75. The normalized spacial score (nSPS) is 24.8. The zero-order valence-electron chi connectivity index (χ0n) is 10.5. The standard InChI is InChI=1S/C12H19ClN2OS.ClH/c1-16-10-4-5-15(9(6-10)7-14)8-11-2-3-12(13)17-11;/h2-3,9-10H,4-8,14H2,1H3;1H. The van der Waals surface area contributed by atoms with Crippen molar-refractivity contribution in [3.05, 3.63) is 21.3 Å². The van der Waals surface area contributed by atoms with E-state index in [2.05, 4.69) is 11.0 Å². The minimum Gasteiger partial charge on any atom is -0.381 e. The third-order valence-corrected chi connectivity index (χ3v) is 4.60. The molecule has 0 aromatic carbocycles. The Bertz CT molecular complexity index is 362. The summed E-state index contributed by atoms with van der Waals surface area (Å²) in [5, 5.41) is 0. The van der Waals surface area contributed by atoms with Gasteiger partial charge in [0.05, 0.1) is 10.4 Å². The number of nitrogens with two attached hydrogens (primary N) is 1. The second-order valence-corrected chi connectivity index (χ2v) is 6.25. The summed E-state index contributed by atoms with van der Waals surface area (Å²) in [4.78, 5) is 3.75. The number of rotatable bonds is 4. The molecule has 1 fully saturated rings. The first-order valence-corrected chi connectivity index (χ1v) is 7.13. The number of ether oxygens (including phenoxy) is 1. The summed E-state index contributed by atoms with van der Waals surface area (Å²) >= 11 is 7.60. The van der Waals surface area contributed by atoms with Crippen molar-refractivity contribution in [2.45, 2.75) is 31.5 Å². The second kappa shape index (κ2) is 7.68. The van der Waals surface area contributed by atoms with E-state index in [-0.39, 0.29) is 12.4 Å². The van der Waals surface area contributed by atoms with Crippen LogP contribution in [0, 0.1) is 0 Å². The van der Waals surface area contributed by atoms with E-state index < -0.39 is 0 Å². The highest BCUT2D eigenvalue weighted by Crippen LogP contribution is 2.26. The molecule has 1 aliphatic rings. The Morgan fingerprint density at radius 3 is 2.89 bits per heavy atom. The molecular formula is C12H20Cl2N2OS. The summed E-state index contributed by atoms with van der Waals surface area (Å²) in [6, 6.07) is 4.48. The molecule has 3 nitrogen and oxygen atoms in total. The van der Waals surface area contributed by atoms with Gasteiger partial charge in [-0.1, -0.05) is 11.6 Å². The Labute approximate surface area is 124 Å². The van der Waals surface area contributed by atoms with Crippen LogP contribution in [-0.2, 0) is 11.3 Å². The first kappa shape index (κ1) is 16.2. The predicted octanol–water partition coefficient (Wildman–Crippen LogP) is 2.76. The molecular weight excluding hydrogens is 291 g/mol. The zero-order chi connectivity index (χ0) is 12.3. The van der Waals surface area contributed by atoms with Gasteiger partial charge in [0.15, 0.2) is 0 Å². The largest absolute Gasteiger partial charge is 0.381 e. The minimum atomic E-state index is 0. The van der Waals surface area contributed by atoms with Crippen LogP contribution < -0.4 is 5.73 Å². The molecule has 0 saturated carbocycles. The van der Waals surface area contributed by atoms with Gasteiger partial charge in [0.25, 0.3) is 0 Å². The SMILES string of the molecule is COC1CCN(Cc2ccc(Cl)s2)C(CN)C1.Cl. The molecule has 1 saturated heterocycles. The van der Waals surface area contributed by atoms with Crippen molar-refractivity contribution in [2.24, 2.45) is 5.73 Å². The van der Waals surface area contributed by atoms with Crippen molar-refractivity contribution in [3.8, 4) is 0 Å². The third-order valence-electron chi connectivity index (χ3n) is 3.38. The molecule has 0 radical (unpaired) electrons. The Morgan fingerprint density at radius 1 is 1.56 bits per heavy atom. The Morgan fingerprint density at radius 2 is 2.33 bits per heavy atom. The summed E-state index contributed by atoms with van der Waals surface area (Å²) in [5.41, 5.74) is 5.85. The Balaban J connectivity index is 0.00000162. The monoisotopic (exact) mass is 310 g/mol. The molecule has 1 aromatic rings. The van der Waals surface area contributed by atoms with Crippen molar-refractivity contribution in [2.75, 3.05) is 20.2 Å². The lowest BCUT2D eigenvalue weighted by molar-refractivity contribution is 0.0106. The molecule has 0 spiro atoms. The number of likely N-dealkylation sites (tertiary alicyclic amines) is 1. The lowest BCUT2D eigenvalue weighted by Gasteiger charge is -2.38. The van der Waals surface area contributed by atoms with Crippen LogP contribution in [0.1, 0.15) is 17.7 Å². The molecule has 2 unspecified atom stereocenters. The number of thiophene rings is 1. The number of nitrogens with zero attached hydrogens (tertiary/aromatic N) is 1. The van der Waals surface area contributed by atoms with Gasteiger partial charge in [-0.2, -0.15) is 0 Å². The molecule has 1 aliphatic heterocycles. The Hall–Kier alpha value is 0.160. The Kier molecular flexibility index (Phi) is 6.92. The van der Waals surface area contributed by atoms with E-state index in [0.29, 0.717) is 18.7 Å². The van der Waals surface area contributed by atoms with Crippen molar-refractivity contribution in [1.82, 2.24) is 4.90 Å². The van der Waals surface area contributed by atoms with Gasteiger partial charge in [0.2, 0.25) is 0 Å².